The lowest BCUT2D eigenvalue weighted by molar-refractivity contribution is 0.518. The summed E-state index contributed by atoms with van der Waals surface area (Å²) < 4.78 is 0. The van der Waals surface area contributed by atoms with Crippen molar-refractivity contribution in [2.24, 2.45) is 0 Å². The van der Waals surface area contributed by atoms with Crippen LogP contribution < -0.4 is 0 Å². The number of allylic oxidation sites excluding steroid dienone is 2. The van der Waals surface area contributed by atoms with E-state index in [0.717, 1.165) is 5.56 Å². The average Bonchev–Trinajstić information content (AvgIpc) is 2.55. The zero-order chi connectivity index (χ0) is 11.4. The summed E-state index contributed by atoms with van der Waals surface area (Å²) in [5, 5.41) is 8.93. The van der Waals surface area contributed by atoms with Crippen molar-refractivity contribution in [2.75, 3.05) is 0 Å². The van der Waals surface area contributed by atoms with E-state index in [0.29, 0.717) is 0 Å². The third-order valence-corrected chi connectivity index (χ3v) is 3.45. The smallest absolute Gasteiger partial charge is 0.0991 e. The minimum atomic E-state index is 0.114. The average molecular weight is 211 g/mol. The van der Waals surface area contributed by atoms with Gasteiger partial charge >= 0.3 is 0 Å². The molecule has 0 aromatic heterocycles. The van der Waals surface area contributed by atoms with E-state index in [1.807, 2.05) is 18.2 Å². The second kappa shape index (κ2) is 4.53. The molecule has 0 N–H and O–H groups in total. The molecule has 0 heterocycles. The highest BCUT2D eigenvalue weighted by Gasteiger charge is 2.24. The van der Waals surface area contributed by atoms with Crippen LogP contribution in [0.5, 0.6) is 0 Å². The third kappa shape index (κ3) is 2.17. The summed E-state index contributed by atoms with van der Waals surface area (Å²) >= 11 is 0. The monoisotopic (exact) mass is 211 g/mol. The van der Waals surface area contributed by atoms with Crippen molar-refractivity contribution in [3.63, 3.8) is 0 Å². The number of benzene rings is 1. The summed E-state index contributed by atoms with van der Waals surface area (Å²) in [6, 6.07) is 10.2. The van der Waals surface area contributed by atoms with E-state index in [1.165, 1.54) is 31.2 Å². The van der Waals surface area contributed by atoms with Gasteiger partial charge in [0.2, 0.25) is 0 Å². The molecule has 1 aliphatic carbocycles. The normalized spacial score (nSPS) is 24.8. The first-order valence-corrected chi connectivity index (χ1v) is 5.93. The molecular weight excluding hydrogens is 194 g/mol. The first-order chi connectivity index (χ1) is 7.74. The summed E-state index contributed by atoms with van der Waals surface area (Å²) in [7, 11) is 0. The second-order valence-corrected chi connectivity index (χ2v) is 4.76. The van der Waals surface area contributed by atoms with Crippen molar-refractivity contribution in [3.8, 4) is 6.07 Å². The van der Waals surface area contributed by atoms with Gasteiger partial charge in [-0.1, -0.05) is 37.6 Å². The topological polar surface area (TPSA) is 23.8 Å². The molecule has 2 rings (SSSR count). The van der Waals surface area contributed by atoms with E-state index in [4.69, 9.17) is 5.26 Å². The molecule has 0 aliphatic heterocycles. The van der Waals surface area contributed by atoms with Gasteiger partial charge in [0.1, 0.15) is 0 Å². The summed E-state index contributed by atoms with van der Waals surface area (Å²) in [5.41, 5.74) is 2.14. The quantitative estimate of drug-likeness (QED) is 0.645. The molecule has 0 fully saturated rings. The van der Waals surface area contributed by atoms with E-state index >= 15 is 0 Å². The van der Waals surface area contributed by atoms with Crippen molar-refractivity contribution >= 4 is 0 Å². The maximum absolute atomic E-state index is 8.93. The lowest BCUT2D eigenvalue weighted by Crippen LogP contribution is -2.18. The van der Waals surface area contributed by atoms with Crippen LogP contribution in [0.3, 0.4) is 0 Å². The van der Waals surface area contributed by atoms with Crippen LogP contribution in [0.4, 0.5) is 0 Å². The van der Waals surface area contributed by atoms with E-state index in [2.05, 4.69) is 31.2 Å². The van der Waals surface area contributed by atoms with Crippen LogP contribution >= 0.6 is 0 Å². The predicted molar refractivity (Wildman–Crippen MR) is 66.1 cm³/mol. The van der Waals surface area contributed by atoms with Gasteiger partial charge in [0, 0.05) is 5.41 Å². The Hall–Kier alpha value is -1.55. The van der Waals surface area contributed by atoms with Crippen LogP contribution in [-0.4, -0.2) is 0 Å². The molecule has 0 saturated heterocycles. The van der Waals surface area contributed by atoms with Gasteiger partial charge in [-0.25, -0.2) is 0 Å². The molecule has 1 atom stereocenters. The van der Waals surface area contributed by atoms with Gasteiger partial charge in [-0.15, -0.1) is 0 Å². The number of hydrogen-bond acceptors (Lipinski definition) is 1. The number of hydrogen-bond donors (Lipinski definition) is 0. The molecular formula is C15H17N. The van der Waals surface area contributed by atoms with Gasteiger partial charge in [0.15, 0.2) is 0 Å². The molecule has 1 nitrogen and oxygen atoms in total. The van der Waals surface area contributed by atoms with Crippen LogP contribution in [-0.2, 0) is 5.41 Å². The first-order valence-electron chi connectivity index (χ1n) is 5.93. The predicted octanol–water partition coefficient (Wildman–Crippen LogP) is 3.95. The van der Waals surface area contributed by atoms with Gasteiger partial charge in [0.05, 0.1) is 11.6 Å². The maximum atomic E-state index is 8.93. The largest absolute Gasteiger partial charge is 0.192 e. The fourth-order valence-electron chi connectivity index (χ4n) is 2.37. The molecule has 0 radical (unpaired) electrons. The summed E-state index contributed by atoms with van der Waals surface area (Å²) in [4.78, 5) is 0. The molecule has 0 spiro atoms. The standard InChI is InChI=1S/C15H17N/c1-15(9-4-2-3-5-10-15)14-8-6-7-13(11-14)12-16/h4,6-9,11H,2-3,5,10H2,1H3/t15-/m0/s1. The molecule has 82 valence electrons. The highest BCUT2D eigenvalue weighted by molar-refractivity contribution is 5.38. The van der Waals surface area contributed by atoms with Crippen LogP contribution in [0, 0.1) is 11.3 Å². The fourth-order valence-corrected chi connectivity index (χ4v) is 2.37. The van der Waals surface area contributed by atoms with Crippen LogP contribution in [0.2, 0.25) is 0 Å². The van der Waals surface area contributed by atoms with Crippen LogP contribution in [0.25, 0.3) is 0 Å². The van der Waals surface area contributed by atoms with E-state index < -0.39 is 0 Å². The van der Waals surface area contributed by atoms with Crippen molar-refractivity contribution in [3.05, 3.63) is 47.5 Å². The van der Waals surface area contributed by atoms with Crippen LogP contribution in [0.15, 0.2) is 36.4 Å². The van der Waals surface area contributed by atoms with Crippen molar-refractivity contribution in [2.45, 2.75) is 38.0 Å². The SMILES string of the molecule is C[C@]1(c2cccc(C#N)c2)C=CCCCC1. The lowest BCUT2D eigenvalue weighted by atomic mass is 9.78. The number of nitrogens with zero attached hydrogens (tertiary/aromatic N) is 1. The van der Waals surface area contributed by atoms with E-state index in [-0.39, 0.29) is 5.41 Å². The van der Waals surface area contributed by atoms with Crippen molar-refractivity contribution in [1.29, 1.82) is 5.26 Å². The first kappa shape index (κ1) is 11.0. The Morgan fingerprint density at radius 1 is 1.31 bits per heavy atom. The Morgan fingerprint density at radius 3 is 3.00 bits per heavy atom. The Labute approximate surface area is 97.4 Å². The van der Waals surface area contributed by atoms with Gasteiger partial charge in [-0.3, -0.25) is 0 Å². The highest BCUT2D eigenvalue weighted by atomic mass is 14.3. The molecule has 16 heavy (non-hydrogen) atoms. The third-order valence-electron chi connectivity index (χ3n) is 3.45. The zero-order valence-electron chi connectivity index (χ0n) is 9.74. The summed E-state index contributed by atoms with van der Waals surface area (Å²) in [6.45, 7) is 2.27. The van der Waals surface area contributed by atoms with Gasteiger partial charge < -0.3 is 0 Å². The Morgan fingerprint density at radius 2 is 2.19 bits per heavy atom. The van der Waals surface area contributed by atoms with Crippen molar-refractivity contribution < 1.29 is 0 Å². The second-order valence-electron chi connectivity index (χ2n) is 4.76. The Bertz CT molecular complexity index is 439. The molecule has 0 saturated carbocycles. The fraction of sp³-hybridized carbons (Fsp3) is 0.400. The molecule has 1 aromatic carbocycles. The number of rotatable bonds is 1. The Kier molecular flexibility index (Phi) is 3.10. The van der Waals surface area contributed by atoms with Gasteiger partial charge in [-0.2, -0.15) is 5.26 Å². The van der Waals surface area contributed by atoms with Crippen molar-refractivity contribution in [1.82, 2.24) is 0 Å². The minimum Gasteiger partial charge on any atom is -0.192 e. The molecule has 0 bridgehead atoms. The molecule has 0 unspecified atom stereocenters. The summed E-state index contributed by atoms with van der Waals surface area (Å²) in [6.07, 6.45) is 9.51. The van der Waals surface area contributed by atoms with Crippen LogP contribution in [0.1, 0.15) is 43.7 Å². The zero-order valence-corrected chi connectivity index (χ0v) is 9.74. The Balaban J connectivity index is 2.37. The number of nitriles is 1. The maximum Gasteiger partial charge on any atom is 0.0991 e. The molecule has 0 amide bonds. The minimum absolute atomic E-state index is 0.114. The summed E-state index contributed by atoms with van der Waals surface area (Å²) in [5.74, 6) is 0. The lowest BCUT2D eigenvalue weighted by Gasteiger charge is -2.25. The molecule has 1 aromatic rings. The van der Waals surface area contributed by atoms with Gasteiger partial charge in [0.25, 0.3) is 0 Å². The van der Waals surface area contributed by atoms with Gasteiger partial charge in [-0.05, 0) is 37.0 Å². The molecule has 1 aliphatic rings. The molecule has 1 heteroatoms. The highest BCUT2D eigenvalue weighted by Crippen LogP contribution is 2.34. The van der Waals surface area contributed by atoms with E-state index in [1.54, 1.807) is 0 Å². The van der Waals surface area contributed by atoms with E-state index in [9.17, 15) is 0 Å².